The zero-order chi connectivity index (χ0) is 14.5. The van der Waals surface area contributed by atoms with Crippen LogP contribution in [0.3, 0.4) is 0 Å². The van der Waals surface area contributed by atoms with E-state index in [1.807, 2.05) is 38.1 Å². The first-order chi connectivity index (χ1) is 9.60. The molecule has 0 spiro atoms. The second kappa shape index (κ2) is 6.39. The van der Waals surface area contributed by atoms with E-state index in [4.69, 9.17) is 9.47 Å². The van der Waals surface area contributed by atoms with Crippen LogP contribution in [0.2, 0.25) is 0 Å². The number of benzene rings is 1. The summed E-state index contributed by atoms with van der Waals surface area (Å²) in [6, 6.07) is 12.7. The third-order valence-electron chi connectivity index (χ3n) is 2.80. The monoisotopic (exact) mass is 273 g/mol. The first-order valence-corrected chi connectivity index (χ1v) is 6.56. The van der Waals surface area contributed by atoms with Crippen molar-refractivity contribution >= 4 is 0 Å². The number of pyridine rings is 1. The van der Waals surface area contributed by atoms with Crippen LogP contribution in [0, 0.1) is 0 Å². The maximum Gasteiger partial charge on any atom is 0.213 e. The summed E-state index contributed by atoms with van der Waals surface area (Å²) in [6.45, 7) is 3.95. The standard InChI is InChI=1S/C16H19NO3/c1-11(2)20-13-9-7-12(8-10-13)16(18)14-5-4-6-15(17-14)19-3/h4-11,16,18H,1-3H3. The number of nitrogens with zero attached hydrogens (tertiary/aromatic N) is 1. The lowest BCUT2D eigenvalue weighted by Gasteiger charge is -2.13. The van der Waals surface area contributed by atoms with Gasteiger partial charge in [-0.15, -0.1) is 0 Å². The van der Waals surface area contributed by atoms with Crippen molar-refractivity contribution in [3.63, 3.8) is 0 Å². The van der Waals surface area contributed by atoms with Crippen molar-refractivity contribution in [1.29, 1.82) is 0 Å². The van der Waals surface area contributed by atoms with E-state index >= 15 is 0 Å². The van der Waals surface area contributed by atoms with E-state index in [1.165, 1.54) is 0 Å². The highest BCUT2D eigenvalue weighted by molar-refractivity contribution is 5.32. The van der Waals surface area contributed by atoms with E-state index in [-0.39, 0.29) is 6.10 Å². The van der Waals surface area contributed by atoms with Gasteiger partial charge in [-0.1, -0.05) is 18.2 Å². The molecule has 0 bridgehead atoms. The largest absolute Gasteiger partial charge is 0.491 e. The van der Waals surface area contributed by atoms with Crippen molar-refractivity contribution in [3.05, 3.63) is 53.7 Å². The van der Waals surface area contributed by atoms with Crippen LogP contribution in [0.1, 0.15) is 31.2 Å². The van der Waals surface area contributed by atoms with Crippen molar-refractivity contribution < 1.29 is 14.6 Å². The van der Waals surface area contributed by atoms with Gasteiger partial charge < -0.3 is 14.6 Å². The fourth-order valence-corrected chi connectivity index (χ4v) is 1.87. The van der Waals surface area contributed by atoms with E-state index in [2.05, 4.69) is 4.98 Å². The zero-order valence-electron chi connectivity index (χ0n) is 11.9. The lowest BCUT2D eigenvalue weighted by Crippen LogP contribution is -2.06. The number of ether oxygens (including phenoxy) is 2. The summed E-state index contributed by atoms with van der Waals surface area (Å²) in [4.78, 5) is 4.23. The van der Waals surface area contributed by atoms with Crippen LogP contribution in [-0.4, -0.2) is 23.3 Å². The summed E-state index contributed by atoms with van der Waals surface area (Å²) in [5, 5.41) is 10.3. The Hall–Kier alpha value is -2.07. The molecule has 106 valence electrons. The van der Waals surface area contributed by atoms with Crippen LogP contribution < -0.4 is 9.47 Å². The predicted octanol–water partition coefficient (Wildman–Crippen LogP) is 2.96. The first kappa shape index (κ1) is 14.3. The van der Waals surface area contributed by atoms with Crippen LogP contribution in [0.5, 0.6) is 11.6 Å². The number of methoxy groups -OCH3 is 1. The Balaban J connectivity index is 2.17. The molecule has 4 nitrogen and oxygen atoms in total. The van der Waals surface area contributed by atoms with Crippen LogP contribution in [0.4, 0.5) is 0 Å². The minimum Gasteiger partial charge on any atom is -0.491 e. The molecule has 0 aliphatic carbocycles. The van der Waals surface area contributed by atoms with Gasteiger partial charge in [-0.25, -0.2) is 4.98 Å². The average Bonchev–Trinajstić information content (AvgIpc) is 2.47. The van der Waals surface area contributed by atoms with Crippen LogP contribution in [0.25, 0.3) is 0 Å². The zero-order valence-corrected chi connectivity index (χ0v) is 11.9. The number of hydrogen-bond acceptors (Lipinski definition) is 4. The molecular formula is C16H19NO3. The van der Waals surface area contributed by atoms with Crippen molar-refractivity contribution in [3.8, 4) is 11.6 Å². The summed E-state index contributed by atoms with van der Waals surface area (Å²) in [5.74, 6) is 1.27. The third-order valence-corrected chi connectivity index (χ3v) is 2.80. The minimum absolute atomic E-state index is 0.130. The van der Waals surface area contributed by atoms with Gasteiger partial charge in [0.15, 0.2) is 0 Å². The highest BCUT2D eigenvalue weighted by Crippen LogP contribution is 2.24. The molecule has 0 aliphatic heterocycles. The predicted molar refractivity (Wildman–Crippen MR) is 77.1 cm³/mol. The Bertz CT molecular complexity index is 552. The first-order valence-electron chi connectivity index (χ1n) is 6.56. The quantitative estimate of drug-likeness (QED) is 0.910. The Morgan fingerprint density at radius 2 is 1.75 bits per heavy atom. The van der Waals surface area contributed by atoms with Gasteiger partial charge in [0.1, 0.15) is 11.9 Å². The van der Waals surface area contributed by atoms with Gasteiger partial charge in [-0.05, 0) is 37.6 Å². The molecule has 0 saturated heterocycles. The Kier molecular flexibility index (Phi) is 4.58. The number of rotatable bonds is 5. The Morgan fingerprint density at radius 1 is 1.05 bits per heavy atom. The summed E-state index contributed by atoms with van der Waals surface area (Å²) >= 11 is 0. The van der Waals surface area contributed by atoms with Gasteiger partial charge in [0, 0.05) is 6.07 Å². The van der Waals surface area contributed by atoms with E-state index in [0.717, 1.165) is 11.3 Å². The van der Waals surface area contributed by atoms with E-state index in [0.29, 0.717) is 11.6 Å². The van der Waals surface area contributed by atoms with Crippen molar-refractivity contribution in [2.24, 2.45) is 0 Å². The highest BCUT2D eigenvalue weighted by atomic mass is 16.5. The van der Waals surface area contributed by atoms with Crippen molar-refractivity contribution in [2.45, 2.75) is 26.1 Å². The average molecular weight is 273 g/mol. The Labute approximate surface area is 119 Å². The lowest BCUT2D eigenvalue weighted by atomic mass is 10.1. The van der Waals surface area contributed by atoms with Crippen LogP contribution in [0.15, 0.2) is 42.5 Å². The molecule has 2 rings (SSSR count). The molecule has 1 heterocycles. The van der Waals surface area contributed by atoms with Crippen LogP contribution in [-0.2, 0) is 0 Å². The highest BCUT2D eigenvalue weighted by Gasteiger charge is 2.12. The minimum atomic E-state index is -0.779. The summed E-state index contributed by atoms with van der Waals surface area (Å²) in [6.07, 6.45) is -0.649. The second-order valence-corrected chi connectivity index (χ2v) is 4.74. The topological polar surface area (TPSA) is 51.6 Å². The summed E-state index contributed by atoms with van der Waals surface area (Å²) in [7, 11) is 1.55. The van der Waals surface area contributed by atoms with Gasteiger partial charge in [0.25, 0.3) is 0 Å². The molecule has 0 fully saturated rings. The van der Waals surface area contributed by atoms with Gasteiger partial charge in [0.05, 0.1) is 18.9 Å². The van der Waals surface area contributed by atoms with E-state index in [1.54, 1.807) is 25.3 Å². The fraction of sp³-hybridized carbons (Fsp3) is 0.312. The SMILES string of the molecule is COc1cccc(C(O)c2ccc(OC(C)C)cc2)n1. The smallest absolute Gasteiger partial charge is 0.213 e. The second-order valence-electron chi connectivity index (χ2n) is 4.74. The van der Waals surface area contributed by atoms with Crippen LogP contribution >= 0.6 is 0 Å². The maximum absolute atomic E-state index is 10.3. The summed E-state index contributed by atoms with van der Waals surface area (Å²) in [5.41, 5.74) is 1.32. The maximum atomic E-state index is 10.3. The van der Waals surface area contributed by atoms with Gasteiger partial charge >= 0.3 is 0 Å². The molecular weight excluding hydrogens is 254 g/mol. The van der Waals surface area contributed by atoms with Crippen molar-refractivity contribution in [1.82, 2.24) is 4.98 Å². The molecule has 0 aliphatic rings. The fourth-order valence-electron chi connectivity index (χ4n) is 1.87. The van der Waals surface area contributed by atoms with Gasteiger partial charge in [-0.3, -0.25) is 0 Å². The molecule has 2 aromatic rings. The number of aliphatic hydroxyl groups is 1. The molecule has 0 amide bonds. The van der Waals surface area contributed by atoms with Gasteiger partial charge in [-0.2, -0.15) is 0 Å². The molecule has 1 N–H and O–H groups in total. The molecule has 4 heteroatoms. The van der Waals surface area contributed by atoms with Crippen molar-refractivity contribution in [2.75, 3.05) is 7.11 Å². The van der Waals surface area contributed by atoms with E-state index < -0.39 is 6.10 Å². The molecule has 0 radical (unpaired) electrons. The van der Waals surface area contributed by atoms with Gasteiger partial charge in [0.2, 0.25) is 5.88 Å². The number of aromatic nitrogens is 1. The molecule has 20 heavy (non-hydrogen) atoms. The molecule has 1 aromatic carbocycles. The molecule has 0 saturated carbocycles. The Morgan fingerprint density at radius 3 is 2.35 bits per heavy atom. The number of aliphatic hydroxyl groups excluding tert-OH is 1. The summed E-state index contributed by atoms with van der Waals surface area (Å²) < 4.78 is 10.6. The normalized spacial score (nSPS) is 12.2. The lowest BCUT2D eigenvalue weighted by molar-refractivity contribution is 0.213. The third kappa shape index (κ3) is 3.48. The molecule has 1 aromatic heterocycles. The molecule has 1 atom stereocenters. The van der Waals surface area contributed by atoms with E-state index in [9.17, 15) is 5.11 Å². The molecule has 1 unspecified atom stereocenters. The number of hydrogen-bond donors (Lipinski definition) is 1.